The third-order valence-electron chi connectivity index (χ3n) is 3.46. The van der Waals surface area contributed by atoms with Gasteiger partial charge in [0, 0.05) is 25.7 Å². The topological polar surface area (TPSA) is 64.8 Å². The fraction of sp³-hybridized carbons (Fsp3) is 0.917. The predicted octanol–water partition coefficient (Wildman–Crippen LogP) is 0.130. The number of morpholine rings is 1. The number of ether oxygens (including phenoxy) is 2. The lowest BCUT2D eigenvalue weighted by atomic mass is 10.1. The van der Waals surface area contributed by atoms with Crippen LogP contribution in [-0.2, 0) is 14.3 Å². The summed E-state index contributed by atoms with van der Waals surface area (Å²) >= 11 is 0. The molecule has 2 saturated heterocycles. The van der Waals surface area contributed by atoms with Gasteiger partial charge in [0.2, 0.25) is 5.91 Å². The van der Waals surface area contributed by atoms with E-state index in [0.717, 1.165) is 19.4 Å². The first kappa shape index (κ1) is 12.8. The van der Waals surface area contributed by atoms with E-state index < -0.39 is 0 Å². The highest BCUT2D eigenvalue weighted by atomic mass is 16.5. The highest BCUT2D eigenvalue weighted by Crippen LogP contribution is 2.17. The molecule has 0 radical (unpaired) electrons. The molecule has 0 spiro atoms. The second kappa shape index (κ2) is 5.80. The summed E-state index contributed by atoms with van der Waals surface area (Å²) in [6.45, 7) is 4.59. The van der Waals surface area contributed by atoms with Crippen LogP contribution in [0.15, 0.2) is 0 Å². The van der Waals surface area contributed by atoms with E-state index in [1.807, 2.05) is 11.8 Å². The second-order valence-electron chi connectivity index (χ2n) is 4.95. The Morgan fingerprint density at radius 2 is 2.29 bits per heavy atom. The Hall–Kier alpha value is -0.650. The Balaban J connectivity index is 1.81. The smallest absolute Gasteiger partial charge is 0.225 e. The van der Waals surface area contributed by atoms with Gasteiger partial charge in [-0.05, 0) is 19.8 Å². The lowest BCUT2D eigenvalue weighted by molar-refractivity contribution is -0.141. The lowest BCUT2D eigenvalue weighted by Crippen LogP contribution is -2.51. The van der Waals surface area contributed by atoms with Crippen LogP contribution in [0.25, 0.3) is 0 Å². The van der Waals surface area contributed by atoms with Gasteiger partial charge in [-0.25, -0.2) is 0 Å². The SMILES string of the molecule is CC(N)C1CN(C(=O)CC2CCCO2)CCO1. The van der Waals surface area contributed by atoms with Crippen molar-refractivity contribution in [3.63, 3.8) is 0 Å². The van der Waals surface area contributed by atoms with Crippen LogP contribution in [0.5, 0.6) is 0 Å². The first-order valence-electron chi connectivity index (χ1n) is 6.43. The highest BCUT2D eigenvalue weighted by Gasteiger charge is 2.28. The Kier molecular flexibility index (Phi) is 4.36. The zero-order chi connectivity index (χ0) is 12.3. The van der Waals surface area contributed by atoms with Crippen LogP contribution in [0.2, 0.25) is 0 Å². The van der Waals surface area contributed by atoms with Crippen LogP contribution in [0, 0.1) is 0 Å². The molecule has 0 saturated carbocycles. The van der Waals surface area contributed by atoms with Crippen LogP contribution in [0.1, 0.15) is 26.2 Å². The van der Waals surface area contributed by atoms with E-state index in [0.29, 0.717) is 26.1 Å². The minimum atomic E-state index is -0.0340. The molecule has 0 aliphatic carbocycles. The number of hydrogen-bond acceptors (Lipinski definition) is 4. The van der Waals surface area contributed by atoms with E-state index in [-0.39, 0.29) is 24.2 Å². The summed E-state index contributed by atoms with van der Waals surface area (Å²) in [6, 6.07) is -0.0340. The molecule has 5 nitrogen and oxygen atoms in total. The zero-order valence-electron chi connectivity index (χ0n) is 10.4. The van der Waals surface area contributed by atoms with Crippen LogP contribution >= 0.6 is 0 Å². The van der Waals surface area contributed by atoms with Crippen molar-refractivity contribution < 1.29 is 14.3 Å². The number of carbonyl (C=O) groups excluding carboxylic acids is 1. The molecule has 2 rings (SSSR count). The van der Waals surface area contributed by atoms with Crippen molar-refractivity contribution in [2.75, 3.05) is 26.3 Å². The van der Waals surface area contributed by atoms with Crippen molar-refractivity contribution >= 4 is 5.91 Å². The summed E-state index contributed by atoms with van der Waals surface area (Å²) in [5.41, 5.74) is 5.81. The second-order valence-corrected chi connectivity index (χ2v) is 4.95. The van der Waals surface area contributed by atoms with E-state index in [1.165, 1.54) is 0 Å². The van der Waals surface area contributed by atoms with Gasteiger partial charge in [0.05, 0.1) is 25.2 Å². The maximum Gasteiger partial charge on any atom is 0.225 e. The summed E-state index contributed by atoms with van der Waals surface area (Å²) in [4.78, 5) is 13.9. The van der Waals surface area contributed by atoms with Crippen LogP contribution in [0.3, 0.4) is 0 Å². The molecule has 0 bridgehead atoms. The molecule has 2 N–H and O–H groups in total. The van der Waals surface area contributed by atoms with E-state index in [4.69, 9.17) is 15.2 Å². The molecule has 3 atom stereocenters. The predicted molar refractivity (Wildman–Crippen MR) is 63.6 cm³/mol. The number of rotatable bonds is 3. The maximum absolute atomic E-state index is 12.1. The number of amides is 1. The van der Waals surface area contributed by atoms with Crippen molar-refractivity contribution in [2.24, 2.45) is 5.73 Å². The van der Waals surface area contributed by atoms with Gasteiger partial charge >= 0.3 is 0 Å². The van der Waals surface area contributed by atoms with Gasteiger partial charge in [0.15, 0.2) is 0 Å². The van der Waals surface area contributed by atoms with Crippen molar-refractivity contribution in [1.82, 2.24) is 4.90 Å². The Bertz CT molecular complexity index is 264. The molecule has 0 aromatic carbocycles. The zero-order valence-corrected chi connectivity index (χ0v) is 10.4. The van der Waals surface area contributed by atoms with E-state index in [2.05, 4.69) is 0 Å². The summed E-state index contributed by atoms with van der Waals surface area (Å²) < 4.78 is 11.0. The first-order chi connectivity index (χ1) is 8.16. The molecule has 2 aliphatic rings. The average molecular weight is 242 g/mol. The molecular weight excluding hydrogens is 220 g/mol. The van der Waals surface area contributed by atoms with Crippen LogP contribution in [-0.4, -0.2) is 55.4 Å². The van der Waals surface area contributed by atoms with E-state index in [9.17, 15) is 4.79 Å². The normalized spacial score (nSPS) is 31.5. The van der Waals surface area contributed by atoms with E-state index in [1.54, 1.807) is 0 Å². The summed E-state index contributed by atoms with van der Waals surface area (Å²) in [6.07, 6.45) is 2.68. The van der Waals surface area contributed by atoms with Crippen molar-refractivity contribution in [3.8, 4) is 0 Å². The molecule has 0 aromatic heterocycles. The van der Waals surface area contributed by atoms with Gasteiger partial charge < -0.3 is 20.1 Å². The minimum absolute atomic E-state index is 0.0304. The number of carbonyl (C=O) groups is 1. The third kappa shape index (κ3) is 3.40. The molecule has 3 unspecified atom stereocenters. The van der Waals surface area contributed by atoms with Gasteiger partial charge in [-0.15, -0.1) is 0 Å². The quantitative estimate of drug-likeness (QED) is 0.764. The third-order valence-corrected chi connectivity index (χ3v) is 3.46. The van der Waals surface area contributed by atoms with Gasteiger partial charge in [-0.1, -0.05) is 0 Å². The molecule has 1 amide bonds. The number of hydrogen-bond donors (Lipinski definition) is 1. The summed E-state index contributed by atoms with van der Waals surface area (Å²) in [7, 11) is 0. The Morgan fingerprint density at radius 1 is 1.47 bits per heavy atom. The molecule has 5 heteroatoms. The monoisotopic (exact) mass is 242 g/mol. The van der Waals surface area contributed by atoms with Crippen molar-refractivity contribution in [2.45, 2.75) is 44.4 Å². The molecule has 2 heterocycles. The maximum atomic E-state index is 12.1. The standard InChI is InChI=1S/C12H22N2O3/c1-9(13)11-8-14(4-6-17-11)12(15)7-10-3-2-5-16-10/h9-11H,2-8,13H2,1H3. The van der Waals surface area contributed by atoms with Crippen molar-refractivity contribution in [1.29, 1.82) is 0 Å². The Labute approximate surface area is 102 Å². The molecule has 2 aliphatic heterocycles. The Morgan fingerprint density at radius 3 is 2.94 bits per heavy atom. The van der Waals surface area contributed by atoms with Gasteiger partial charge in [0.25, 0.3) is 0 Å². The van der Waals surface area contributed by atoms with E-state index >= 15 is 0 Å². The van der Waals surface area contributed by atoms with Crippen LogP contribution in [0.4, 0.5) is 0 Å². The van der Waals surface area contributed by atoms with Crippen molar-refractivity contribution in [3.05, 3.63) is 0 Å². The molecular formula is C12H22N2O3. The highest BCUT2D eigenvalue weighted by molar-refractivity contribution is 5.76. The molecule has 17 heavy (non-hydrogen) atoms. The fourth-order valence-electron chi connectivity index (χ4n) is 2.35. The average Bonchev–Trinajstić information content (AvgIpc) is 2.82. The molecule has 2 fully saturated rings. The van der Waals surface area contributed by atoms with Gasteiger partial charge in [-0.2, -0.15) is 0 Å². The fourth-order valence-corrected chi connectivity index (χ4v) is 2.35. The molecule has 98 valence electrons. The van der Waals surface area contributed by atoms with Gasteiger partial charge in [0.1, 0.15) is 0 Å². The number of nitrogens with two attached hydrogens (primary N) is 1. The first-order valence-corrected chi connectivity index (χ1v) is 6.43. The van der Waals surface area contributed by atoms with Crippen LogP contribution < -0.4 is 5.73 Å². The summed E-state index contributed by atoms with van der Waals surface area (Å²) in [5, 5.41) is 0. The largest absolute Gasteiger partial charge is 0.378 e. The molecule has 0 aromatic rings. The van der Waals surface area contributed by atoms with Gasteiger partial charge in [-0.3, -0.25) is 4.79 Å². The minimum Gasteiger partial charge on any atom is -0.378 e. The lowest BCUT2D eigenvalue weighted by Gasteiger charge is -2.35. The number of nitrogens with zero attached hydrogens (tertiary/aromatic N) is 1. The summed E-state index contributed by atoms with van der Waals surface area (Å²) in [5.74, 6) is 0.172.